The van der Waals surface area contributed by atoms with Gasteiger partial charge in [-0.05, 0) is 93.0 Å². The van der Waals surface area contributed by atoms with Crippen LogP contribution in [0.25, 0.3) is 0 Å². The van der Waals surface area contributed by atoms with Gasteiger partial charge in [-0.2, -0.15) is 0 Å². The molecule has 0 spiro atoms. The smallest absolute Gasteiger partial charge is 0.0431 e. The third-order valence-corrected chi connectivity index (χ3v) is 3.29. The monoisotopic (exact) mass is 273 g/mol. The van der Waals surface area contributed by atoms with Crippen molar-refractivity contribution in [3.05, 3.63) is 0 Å². The third kappa shape index (κ3) is 14.1. The second-order valence-corrected chi connectivity index (χ2v) is 5.94. The summed E-state index contributed by atoms with van der Waals surface area (Å²) in [5, 5.41) is 8.81. The summed E-state index contributed by atoms with van der Waals surface area (Å²) < 4.78 is 0. The first-order valence-electron chi connectivity index (χ1n) is 7.69. The second-order valence-electron chi connectivity index (χ2n) is 5.94. The van der Waals surface area contributed by atoms with E-state index in [9.17, 15) is 0 Å². The van der Waals surface area contributed by atoms with Crippen molar-refractivity contribution in [2.45, 2.75) is 32.1 Å². The molecule has 0 aromatic carbocycles. The van der Waals surface area contributed by atoms with Crippen LogP contribution in [-0.2, 0) is 0 Å². The fourth-order valence-electron chi connectivity index (χ4n) is 2.18. The van der Waals surface area contributed by atoms with Crippen molar-refractivity contribution in [1.29, 1.82) is 0 Å². The Kier molecular flexibility index (Phi) is 12.7. The minimum atomic E-state index is 0.335. The number of rotatable bonds is 13. The molecule has 0 aromatic rings. The highest BCUT2D eigenvalue weighted by Gasteiger charge is 2.05. The molecule has 0 amide bonds. The highest BCUT2D eigenvalue weighted by atomic mass is 16.2. The maximum Gasteiger partial charge on any atom is 0.0431 e. The van der Waals surface area contributed by atoms with Crippen molar-refractivity contribution < 1.29 is 5.11 Å². The number of hydrogen-bond donors (Lipinski definition) is 1. The Bertz CT molecular complexity index is 172. The predicted octanol–water partition coefficient (Wildman–Crippen LogP) is 1.35. The summed E-state index contributed by atoms with van der Waals surface area (Å²) in [6.45, 7) is 6.25. The van der Waals surface area contributed by atoms with Gasteiger partial charge in [-0.3, -0.25) is 0 Å². The van der Waals surface area contributed by atoms with Gasteiger partial charge in [-0.25, -0.2) is 0 Å². The maximum absolute atomic E-state index is 8.81. The average Bonchev–Trinajstić information content (AvgIpc) is 2.33. The minimum absolute atomic E-state index is 0.335. The standard InChI is InChI=1S/C15H35N3O/c1-16(2)10-8-13-18(12-6-5-7-15-19)14-9-11-17(3)4/h19H,5-15H2,1-4H3. The quantitative estimate of drug-likeness (QED) is 0.513. The molecule has 1 N–H and O–H groups in total. The largest absolute Gasteiger partial charge is 0.396 e. The van der Waals surface area contributed by atoms with Crippen LogP contribution < -0.4 is 0 Å². The van der Waals surface area contributed by atoms with E-state index in [0.29, 0.717) is 6.61 Å². The van der Waals surface area contributed by atoms with Crippen LogP contribution in [0.5, 0.6) is 0 Å². The molecule has 0 saturated heterocycles. The molecule has 0 heterocycles. The Hall–Kier alpha value is -0.160. The van der Waals surface area contributed by atoms with Crippen LogP contribution in [0.2, 0.25) is 0 Å². The molecule has 19 heavy (non-hydrogen) atoms. The third-order valence-electron chi connectivity index (χ3n) is 3.29. The first-order valence-corrected chi connectivity index (χ1v) is 7.69. The highest BCUT2D eigenvalue weighted by Crippen LogP contribution is 2.02. The average molecular weight is 273 g/mol. The van der Waals surface area contributed by atoms with E-state index < -0.39 is 0 Å². The van der Waals surface area contributed by atoms with Crippen LogP contribution in [0, 0.1) is 0 Å². The van der Waals surface area contributed by atoms with Crippen molar-refractivity contribution >= 4 is 0 Å². The van der Waals surface area contributed by atoms with Gasteiger partial charge in [0.2, 0.25) is 0 Å². The van der Waals surface area contributed by atoms with Crippen molar-refractivity contribution in [2.75, 3.05) is 67.5 Å². The van der Waals surface area contributed by atoms with E-state index in [2.05, 4.69) is 42.9 Å². The lowest BCUT2D eigenvalue weighted by molar-refractivity contribution is 0.230. The molecule has 0 radical (unpaired) electrons. The number of nitrogens with zero attached hydrogens (tertiary/aromatic N) is 3. The van der Waals surface area contributed by atoms with Crippen LogP contribution >= 0.6 is 0 Å². The molecule has 0 aromatic heterocycles. The lowest BCUT2D eigenvalue weighted by atomic mass is 10.2. The fraction of sp³-hybridized carbons (Fsp3) is 1.00. The normalized spacial score (nSPS) is 12.0. The zero-order chi connectivity index (χ0) is 14.5. The summed E-state index contributed by atoms with van der Waals surface area (Å²) in [6, 6.07) is 0. The maximum atomic E-state index is 8.81. The number of aliphatic hydroxyl groups excluding tert-OH is 1. The molecule has 0 saturated carbocycles. The van der Waals surface area contributed by atoms with E-state index in [1.54, 1.807) is 0 Å². The van der Waals surface area contributed by atoms with Crippen LogP contribution in [0.15, 0.2) is 0 Å². The number of aliphatic hydroxyl groups is 1. The predicted molar refractivity (Wildman–Crippen MR) is 83.7 cm³/mol. The lowest BCUT2D eigenvalue weighted by Crippen LogP contribution is -2.31. The summed E-state index contributed by atoms with van der Waals surface area (Å²) in [4.78, 5) is 7.10. The lowest BCUT2D eigenvalue weighted by Gasteiger charge is -2.24. The molecule has 0 aliphatic rings. The summed E-state index contributed by atoms with van der Waals surface area (Å²) in [7, 11) is 8.55. The summed E-state index contributed by atoms with van der Waals surface area (Å²) >= 11 is 0. The molecule has 0 atom stereocenters. The molecule has 0 aliphatic heterocycles. The zero-order valence-electron chi connectivity index (χ0n) is 13.6. The van der Waals surface area contributed by atoms with E-state index in [4.69, 9.17) is 5.11 Å². The van der Waals surface area contributed by atoms with Crippen molar-refractivity contribution in [1.82, 2.24) is 14.7 Å². The first-order chi connectivity index (χ1) is 9.06. The molecule has 0 fully saturated rings. The van der Waals surface area contributed by atoms with Gasteiger partial charge >= 0.3 is 0 Å². The first kappa shape index (κ1) is 18.8. The van der Waals surface area contributed by atoms with Gasteiger partial charge in [0.1, 0.15) is 0 Å². The van der Waals surface area contributed by atoms with E-state index in [1.165, 1.54) is 52.0 Å². The molecule has 0 bridgehead atoms. The van der Waals surface area contributed by atoms with Crippen molar-refractivity contribution in [3.63, 3.8) is 0 Å². The van der Waals surface area contributed by atoms with Gasteiger partial charge in [0.15, 0.2) is 0 Å². The number of unbranched alkanes of at least 4 members (excludes halogenated alkanes) is 2. The molecule has 0 aliphatic carbocycles. The van der Waals surface area contributed by atoms with Gasteiger partial charge in [-0.15, -0.1) is 0 Å². The molecular formula is C15H35N3O. The molecule has 0 rings (SSSR count). The Labute approximate surface area is 120 Å². The van der Waals surface area contributed by atoms with E-state index in [-0.39, 0.29) is 0 Å². The molecule has 116 valence electrons. The summed E-state index contributed by atoms with van der Waals surface area (Å²) in [6.07, 6.45) is 5.80. The second kappa shape index (κ2) is 12.9. The van der Waals surface area contributed by atoms with Crippen molar-refractivity contribution in [3.8, 4) is 0 Å². The van der Waals surface area contributed by atoms with E-state index >= 15 is 0 Å². The fourth-order valence-corrected chi connectivity index (χ4v) is 2.18. The Morgan fingerprint density at radius 2 is 1.05 bits per heavy atom. The Balaban J connectivity index is 3.78. The van der Waals surface area contributed by atoms with Crippen LogP contribution in [0.3, 0.4) is 0 Å². The van der Waals surface area contributed by atoms with E-state index in [0.717, 1.165) is 12.8 Å². The molecular weight excluding hydrogens is 238 g/mol. The highest BCUT2D eigenvalue weighted by molar-refractivity contribution is 4.61. The van der Waals surface area contributed by atoms with Crippen LogP contribution in [0.1, 0.15) is 32.1 Å². The van der Waals surface area contributed by atoms with Gasteiger partial charge in [-0.1, -0.05) is 0 Å². The van der Waals surface area contributed by atoms with Gasteiger partial charge in [0.05, 0.1) is 0 Å². The summed E-state index contributed by atoms with van der Waals surface area (Å²) in [5.41, 5.74) is 0. The van der Waals surface area contributed by atoms with E-state index in [1.807, 2.05) is 0 Å². The topological polar surface area (TPSA) is 30.0 Å². The van der Waals surface area contributed by atoms with Gasteiger partial charge in [0.25, 0.3) is 0 Å². The number of hydrogen-bond acceptors (Lipinski definition) is 4. The molecule has 4 nitrogen and oxygen atoms in total. The minimum Gasteiger partial charge on any atom is -0.396 e. The Morgan fingerprint density at radius 3 is 1.47 bits per heavy atom. The van der Waals surface area contributed by atoms with Crippen molar-refractivity contribution in [2.24, 2.45) is 0 Å². The van der Waals surface area contributed by atoms with Crippen LogP contribution in [-0.4, -0.2) is 87.3 Å². The van der Waals surface area contributed by atoms with Gasteiger partial charge < -0.3 is 19.8 Å². The zero-order valence-corrected chi connectivity index (χ0v) is 13.6. The van der Waals surface area contributed by atoms with Gasteiger partial charge in [0, 0.05) is 6.61 Å². The molecule has 4 heteroatoms. The molecule has 0 unspecified atom stereocenters. The summed E-state index contributed by atoms with van der Waals surface area (Å²) in [5.74, 6) is 0. The van der Waals surface area contributed by atoms with Crippen LogP contribution in [0.4, 0.5) is 0 Å². The SMILES string of the molecule is CN(C)CCCN(CCCCCO)CCCN(C)C. The Morgan fingerprint density at radius 1 is 0.579 bits per heavy atom.